The maximum atomic E-state index is 12.2. The zero-order chi connectivity index (χ0) is 13.7. The van der Waals surface area contributed by atoms with E-state index in [0.29, 0.717) is 17.8 Å². The number of anilines is 1. The molecule has 5 heteroatoms. The predicted octanol–water partition coefficient (Wildman–Crippen LogP) is 1.90. The van der Waals surface area contributed by atoms with Gasteiger partial charge in [0.15, 0.2) is 0 Å². The fourth-order valence-corrected chi connectivity index (χ4v) is 2.37. The fourth-order valence-electron chi connectivity index (χ4n) is 2.37. The first kappa shape index (κ1) is 13.4. The summed E-state index contributed by atoms with van der Waals surface area (Å²) >= 11 is 0. The van der Waals surface area contributed by atoms with E-state index in [4.69, 9.17) is 11.0 Å². The SMILES string of the molecule is N#Cc1cccc(NC(=O)N2CCCCC2CN)c1. The summed E-state index contributed by atoms with van der Waals surface area (Å²) < 4.78 is 0. The standard InChI is InChI=1S/C14H18N4O/c15-9-11-4-3-5-12(8-11)17-14(19)18-7-2-1-6-13(18)10-16/h3-5,8,13H,1-2,6-7,10,16H2,(H,17,19). The van der Waals surface area contributed by atoms with Gasteiger partial charge in [0.2, 0.25) is 0 Å². The molecule has 19 heavy (non-hydrogen) atoms. The Morgan fingerprint density at radius 2 is 2.37 bits per heavy atom. The number of nitrogens with zero attached hydrogens (tertiary/aromatic N) is 2. The van der Waals surface area contributed by atoms with Crippen molar-refractivity contribution in [1.82, 2.24) is 4.90 Å². The fraction of sp³-hybridized carbons (Fsp3) is 0.429. The molecule has 2 amide bonds. The topological polar surface area (TPSA) is 82.2 Å². The molecule has 5 nitrogen and oxygen atoms in total. The molecular formula is C14H18N4O. The van der Waals surface area contributed by atoms with Crippen LogP contribution in [-0.2, 0) is 0 Å². The van der Waals surface area contributed by atoms with Gasteiger partial charge in [-0.25, -0.2) is 4.79 Å². The van der Waals surface area contributed by atoms with Gasteiger partial charge >= 0.3 is 6.03 Å². The van der Waals surface area contributed by atoms with E-state index in [-0.39, 0.29) is 12.1 Å². The normalized spacial score (nSPS) is 18.7. The van der Waals surface area contributed by atoms with Crippen molar-refractivity contribution in [3.05, 3.63) is 29.8 Å². The lowest BCUT2D eigenvalue weighted by molar-refractivity contribution is 0.166. The highest BCUT2D eigenvalue weighted by molar-refractivity contribution is 5.89. The highest BCUT2D eigenvalue weighted by Gasteiger charge is 2.25. The molecule has 0 aliphatic carbocycles. The van der Waals surface area contributed by atoms with Crippen LogP contribution in [0.1, 0.15) is 24.8 Å². The van der Waals surface area contributed by atoms with Crippen molar-refractivity contribution in [2.24, 2.45) is 5.73 Å². The second-order valence-electron chi connectivity index (χ2n) is 4.70. The number of piperidine rings is 1. The van der Waals surface area contributed by atoms with Crippen LogP contribution in [0.4, 0.5) is 10.5 Å². The summed E-state index contributed by atoms with van der Waals surface area (Å²) in [5.41, 5.74) is 6.88. The van der Waals surface area contributed by atoms with Crippen molar-refractivity contribution in [2.45, 2.75) is 25.3 Å². The van der Waals surface area contributed by atoms with Gasteiger partial charge in [0.1, 0.15) is 0 Å². The van der Waals surface area contributed by atoms with Gasteiger partial charge in [0.05, 0.1) is 11.6 Å². The van der Waals surface area contributed by atoms with E-state index in [2.05, 4.69) is 11.4 Å². The molecule has 1 unspecified atom stereocenters. The minimum absolute atomic E-state index is 0.118. The van der Waals surface area contributed by atoms with Crippen LogP contribution in [0.3, 0.4) is 0 Å². The first-order chi connectivity index (χ1) is 9.24. The third-order valence-corrected chi connectivity index (χ3v) is 3.40. The number of benzene rings is 1. The van der Waals surface area contributed by atoms with E-state index in [1.165, 1.54) is 0 Å². The largest absolute Gasteiger partial charge is 0.328 e. The van der Waals surface area contributed by atoms with Gasteiger partial charge in [0.25, 0.3) is 0 Å². The Balaban J connectivity index is 2.05. The molecule has 3 N–H and O–H groups in total. The number of amides is 2. The minimum Gasteiger partial charge on any atom is -0.328 e. The Labute approximate surface area is 113 Å². The second-order valence-corrected chi connectivity index (χ2v) is 4.70. The summed E-state index contributed by atoms with van der Waals surface area (Å²) in [5, 5.41) is 11.7. The van der Waals surface area contributed by atoms with Crippen LogP contribution in [0.15, 0.2) is 24.3 Å². The number of nitrogens with two attached hydrogens (primary N) is 1. The zero-order valence-electron chi connectivity index (χ0n) is 10.8. The van der Waals surface area contributed by atoms with Gasteiger partial charge in [-0.15, -0.1) is 0 Å². The molecule has 1 heterocycles. The molecule has 1 aliphatic heterocycles. The number of rotatable bonds is 2. The highest BCUT2D eigenvalue weighted by atomic mass is 16.2. The summed E-state index contributed by atoms with van der Waals surface area (Å²) in [6.07, 6.45) is 3.10. The molecule has 1 saturated heterocycles. The van der Waals surface area contributed by atoms with E-state index in [1.807, 2.05) is 0 Å². The third-order valence-electron chi connectivity index (χ3n) is 3.40. The van der Waals surface area contributed by atoms with E-state index < -0.39 is 0 Å². The minimum atomic E-state index is -0.134. The lowest BCUT2D eigenvalue weighted by Gasteiger charge is -2.34. The van der Waals surface area contributed by atoms with Gasteiger partial charge in [-0.3, -0.25) is 0 Å². The molecule has 0 aromatic heterocycles. The van der Waals surface area contributed by atoms with Crippen LogP contribution in [0.5, 0.6) is 0 Å². The van der Waals surface area contributed by atoms with E-state index >= 15 is 0 Å². The van der Waals surface area contributed by atoms with Crippen LogP contribution in [0, 0.1) is 11.3 Å². The van der Waals surface area contributed by atoms with E-state index in [9.17, 15) is 4.79 Å². The third kappa shape index (κ3) is 3.24. The van der Waals surface area contributed by atoms with Gasteiger partial charge in [-0.05, 0) is 37.5 Å². The Hall–Kier alpha value is -2.06. The summed E-state index contributed by atoms with van der Waals surface area (Å²) in [5.74, 6) is 0. The lowest BCUT2D eigenvalue weighted by Crippen LogP contribution is -2.49. The molecular weight excluding hydrogens is 240 g/mol. The second kappa shape index (κ2) is 6.21. The molecule has 0 bridgehead atoms. The average Bonchev–Trinajstić information content (AvgIpc) is 2.47. The van der Waals surface area contributed by atoms with Crippen molar-refractivity contribution >= 4 is 11.7 Å². The molecule has 1 atom stereocenters. The van der Waals surface area contributed by atoms with E-state index in [0.717, 1.165) is 25.8 Å². The molecule has 1 aliphatic rings. The quantitative estimate of drug-likeness (QED) is 0.850. The number of nitriles is 1. The summed E-state index contributed by atoms with van der Waals surface area (Å²) in [6.45, 7) is 1.23. The molecule has 100 valence electrons. The number of nitrogens with one attached hydrogen (secondary N) is 1. The molecule has 1 aromatic carbocycles. The number of carbonyl (C=O) groups excluding carboxylic acids is 1. The Bertz CT molecular complexity index is 494. The maximum Gasteiger partial charge on any atom is 0.322 e. The van der Waals surface area contributed by atoms with Crippen molar-refractivity contribution in [1.29, 1.82) is 5.26 Å². The molecule has 0 radical (unpaired) electrons. The first-order valence-corrected chi connectivity index (χ1v) is 6.52. The number of likely N-dealkylation sites (tertiary alicyclic amines) is 1. The molecule has 0 spiro atoms. The van der Waals surface area contributed by atoms with Crippen LogP contribution in [-0.4, -0.2) is 30.1 Å². The molecule has 1 fully saturated rings. The Morgan fingerprint density at radius 1 is 1.53 bits per heavy atom. The average molecular weight is 258 g/mol. The number of carbonyl (C=O) groups is 1. The van der Waals surface area contributed by atoms with Gasteiger partial charge in [-0.2, -0.15) is 5.26 Å². The van der Waals surface area contributed by atoms with Crippen LogP contribution >= 0.6 is 0 Å². The summed E-state index contributed by atoms with van der Waals surface area (Å²) in [7, 11) is 0. The van der Waals surface area contributed by atoms with E-state index in [1.54, 1.807) is 29.2 Å². The van der Waals surface area contributed by atoms with Crippen molar-refractivity contribution in [3.8, 4) is 6.07 Å². The van der Waals surface area contributed by atoms with Crippen LogP contribution in [0.25, 0.3) is 0 Å². The first-order valence-electron chi connectivity index (χ1n) is 6.52. The summed E-state index contributed by atoms with van der Waals surface area (Å²) in [4.78, 5) is 14.0. The van der Waals surface area contributed by atoms with Crippen LogP contribution in [0.2, 0.25) is 0 Å². The smallest absolute Gasteiger partial charge is 0.322 e. The summed E-state index contributed by atoms with van der Waals surface area (Å²) in [6, 6.07) is 8.95. The van der Waals surface area contributed by atoms with Crippen LogP contribution < -0.4 is 11.1 Å². The number of hydrogen-bond donors (Lipinski definition) is 2. The molecule has 0 saturated carbocycles. The zero-order valence-corrected chi connectivity index (χ0v) is 10.8. The van der Waals surface area contributed by atoms with Crippen molar-refractivity contribution < 1.29 is 4.79 Å². The predicted molar refractivity (Wildman–Crippen MR) is 73.6 cm³/mol. The Kier molecular flexibility index (Phi) is 4.37. The van der Waals surface area contributed by atoms with Crippen molar-refractivity contribution in [3.63, 3.8) is 0 Å². The Morgan fingerprint density at radius 3 is 3.11 bits per heavy atom. The lowest BCUT2D eigenvalue weighted by atomic mass is 10.0. The van der Waals surface area contributed by atoms with Gasteiger partial charge in [-0.1, -0.05) is 6.07 Å². The molecule has 2 rings (SSSR count). The van der Waals surface area contributed by atoms with Gasteiger partial charge < -0.3 is 16.0 Å². The number of hydrogen-bond acceptors (Lipinski definition) is 3. The maximum absolute atomic E-state index is 12.2. The monoisotopic (exact) mass is 258 g/mol. The molecule has 1 aromatic rings. The van der Waals surface area contributed by atoms with Crippen molar-refractivity contribution in [2.75, 3.05) is 18.4 Å². The van der Waals surface area contributed by atoms with Gasteiger partial charge in [0, 0.05) is 24.8 Å². The number of urea groups is 1. The highest BCUT2D eigenvalue weighted by Crippen LogP contribution is 2.18.